The monoisotopic (exact) mass is 230 g/mol. The minimum absolute atomic E-state index is 0.173. The van der Waals surface area contributed by atoms with Crippen molar-refractivity contribution in [2.24, 2.45) is 5.41 Å². The number of nitrogens with one attached hydrogen (secondary N) is 2. The van der Waals surface area contributed by atoms with Crippen LogP contribution in [0.4, 0.5) is 0 Å². The molecule has 0 bridgehead atoms. The van der Waals surface area contributed by atoms with Crippen molar-refractivity contribution in [2.75, 3.05) is 33.4 Å². The molecule has 6 nitrogen and oxygen atoms in total. The van der Waals surface area contributed by atoms with Crippen LogP contribution in [0.5, 0.6) is 0 Å². The van der Waals surface area contributed by atoms with Crippen LogP contribution in [0.15, 0.2) is 0 Å². The second kappa shape index (κ2) is 5.81. The normalized spacial score (nSPS) is 19.1. The van der Waals surface area contributed by atoms with Gasteiger partial charge in [0.1, 0.15) is 0 Å². The molecule has 6 heteroatoms. The Kier molecular flexibility index (Phi) is 4.70. The van der Waals surface area contributed by atoms with Crippen LogP contribution in [-0.2, 0) is 14.3 Å². The highest BCUT2D eigenvalue weighted by Crippen LogP contribution is 2.29. The predicted octanol–water partition coefficient (Wildman–Crippen LogP) is -0.797. The third kappa shape index (κ3) is 3.18. The molecule has 0 aliphatic carbocycles. The summed E-state index contributed by atoms with van der Waals surface area (Å²) in [5.74, 6) is -1.05. The first-order chi connectivity index (χ1) is 7.60. The van der Waals surface area contributed by atoms with Crippen LogP contribution in [0.3, 0.4) is 0 Å². The standard InChI is InChI=1S/C10H18N2O4/c1-11-6-8(13)12-7-10(9(14)15)2-4-16-5-3-10/h11H,2-7H2,1H3,(H,12,13)(H,14,15). The molecule has 92 valence electrons. The molecule has 1 amide bonds. The molecule has 0 radical (unpaired) electrons. The summed E-state index contributed by atoms with van der Waals surface area (Å²) in [7, 11) is 1.67. The minimum Gasteiger partial charge on any atom is -0.481 e. The number of rotatable bonds is 5. The van der Waals surface area contributed by atoms with Crippen LogP contribution in [0.25, 0.3) is 0 Å². The molecule has 0 spiro atoms. The Morgan fingerprint density at radius 3 is 2.50 bits per heavy atom. The second-order valence-corrected chi connectivity index (χ2v) is 4.00. The van der Waals surface area contributed by atoms with Crippen LogP contribution in [0, 0.1) is 5.41 Å². The predicted molar refractivity (Wildman–Crippen MR) is 57.1 cm³/mol. The smallest absolute Gasteiger partial charge is 0.311 e. The lowest BCUT2D eigenvalue weighted by Crippen LogP contribution is -2.47. The van der Waals surface area contributed by atoms with Crippen LogP contribution < -0.4 is 10.6 Å². The first-order valence-corrected chi connectivity index (χ1v) is 5.33. The lowest BCUT2D eigenvalue weighted by Gasteiger charge is -2.33. The van der Waals surface area contributed by atoms with E-state index in [0.717, 1.165) is 0 Å². The molecule has 1 heterocycles. The molecule has 3 N–H and O–H groups in total. The Hall–Kier alpha value is -1.14. The summed E-state index contributed by atoms with van der Waals surface area (Å²) in [6, 6.07) is 0. The molecule has 16 heavy (non-hydrogen) atoms. The van der Waals surface area contributed by atoms with Gasteiger partial charge >= 0.3 is 5.97 Å². The molecule has 1 aliphatic heterocycles. The number of amides is 1. The van der Waals surface area contributed by atoms with E-state index < -0.39 is 11.4 Å². The molecule has 0 unspecified atom stereocenters. The summed E-state index contributed by atoms with van der Waals surface area (Å²) in [5.41, 5.74) is -0.859. The highest BCUT2D eigenvalue weighted by atomic mass is 16.5. The van der Waals surface area contributed by atoms with E-state index in [4.69, 9.17) is 4.74 Å². The van der Waals surface area contributed by atoms with Gasteiger partial charge in [0.05, 0.1) is 12.0 Å². The summed E-state index contributed by atoms with van der Waals surface area (Å²) < 4.78 is 5.14. The number of carbonyl (C=O) groups is 2. The Bertz CT molecular complexity index is 262. The van der Waals surface area contributed by atoms with Gasteiger partial charge in [-0.2, -0.15) is 0 Å². The van der Waals surface area contributed by atoms with Crippen LogP contribution in [0.2, 0.25) is 0 Å². The third-order valence-corrected chi connectivity index (χ3v) is 2.86. The van der Waals surface area contributed by atoms with E-state index in [1.54, 1.807) is 7.05 Å². The highest BCUT2D eigenvalue weighted by molar-refractivity contribution is 5.80. The van der Waals surface area contributed by atoms with E-state index in [2.05, 4.69) is 10.6 Å². The minimum atomic E-state index is -0.861. The van der Waals surface area contributed by atoms with Gasteiger partial charge < -0.3 is 20.5 Å². The van der Waals surface area contributed by atoms with Gasteiger partial charge in [0, 0.05) is 19.8 Å². The van der Waals surface area contributed by atoms with Crippen molar-refractivity contribution < 1.29 is 19.4 Å². The SMILES string of the molecule is CNCC(=O)NCC1(C(=O)O)CCOCC1. The van der Waals surface area contributed by atoms with E-state index >= 15 is 0 Å². The fourth-order valence-electron chi connectivity index (χ4n) is 1.72. The van der Waals surface area contributed by atoms with E-state index in [0.29, 0.717) is 26.1 Å². The van der Waals surface area contributed by atoms with Gasteiger partial charge in [-0.05, 0) is 19.9 Å². The van der Waals surface area contributed by atoms with E-state index in [-0.39, 0.29) is 19.0 Å². The molecule has 1 fully saturated rings. The van der Waals surface area contributed by atoms with Crippen LogP contribution in [-0.4, -0.2) is 50.3 Å². The van der Waals surface area contributed by atoms with E-state index in [9.17, 15) is 14.7 Å². The number of hydrogen-bond acceptors (Lipinski definition) is 4. The first-order valence-electron chi connectivity index (χ1n) is 5.33. The molecule has 1 rings (SSSR count). The topological polar surface area (TPSA) is 87.7 Å². The Morgan fingerprint density at radius 1 is 1.38 bits per heavy atom. The summed E-state index contributed by atoms with van der Waals surface area (Å²) in [6.45, 7) is 1.25. The molecule has 0 atom stereocenters. The number of aliphatic carboxylic acids is 1. The van der Waals surface area contributed by atoms with E-state index in [1.807, 2.05) is 0 Å². The van der Waals surface area contributed by atoms with Crippen molar-refractivity contribution >= 4 is 11.9 Å². The van der Waals surface area contributed by atoms with Gasteiger partial charge in [-0.15, -0.1) is 0 Å². The van der Waals surface area contributed by atoms with Gasteiger partial charge in [0.2, 0.25) is 5.91 Å². The van der Waals surface area contributed by atoms with Crippen LogP contribution >= 0.6 is 0 Å². The van der Waals surface area contributed by atoms with Gasteiger partial charge in [-0.25, -0.2) is 0 Å². The largest absolute Gasteiger partial charge is 0.481 e. The van der Waals surface area contributed by atoms with Gasteiger partial charge in [0.25, 0.3) is 0 Å². The Morgan fingerprint density at radius 2 is 2.00 bits per heavy atom. The molecule has 0 aromatic rings. The quantitative estimate of drug-likeness (QED) is 0.575. The summed E-state index contributed by atoms with van der Waals surface area (Å²) in [6.07, 6.45) is 0.893. The lowest BCUT2D eigenvalue weighted by atomic mass is 9.80. The maximum Gasteiger partial charge on any atom is 0.311 e. The highest BCUT2D eigenvalue weighted by Gasteiger charge is 2.40. The Labute approximate surface area is 94.3 Å². The molecule has 0 aromatic carbocycles. The molecular formula is C10H18N2O4. The van der Waals surface area contributed by atoms with Crippen molar-refractivity contribution in [1.82, 2.24) is 10.6 Å². The van der Waals surface area contributed by atoms with E-state index in [1.165, 1.54) is 0 Å². The third-order valence-electron chi connectivity index (χ3n) is 2.86. The fraction of sp³-hybridized carbons (Fsp3) is 0.800. The molecular weight excluding hydrogens is 212 g/mol. The number of hydrogen-bond donors (Lipinski definition) is 3. The number of carboxylic acid groups (broad SMARTS) is 1. The van der Waals surface area contributed by atoms with Gasteiger partial charge in [0.15, 0.2) is 0 Å². The van der Waals surface area contributed by atoms with Gasteiger partial charge in [-0.1, -0.05) is 0 Å². The second-order valence-electron chi connectivity index (χ2n) is 4.00. The van der Waals surface area contributed by atoms with Gasteiger partial charge in [-0.3, -0.25) is 9.59 Å². The maximum atomic E-state index is 11.3. The van der Waals surface area contributed by atoms with Crippen molar-refractivity contribution in [3.05, 3.63) is 0 Å². The number of likely N-dealkylation sites (N-methyl/N-ethyl adjacent to an activating group) is 1. The zero-order chi connectivity index (χ0) is 12.0. The number of carboxylic acids is 1. The summed E-state index contributed by atoms with van der Waals surface area (Å²) in [5, 5.41) is 14.6. The number of carbonyl (C=O) groups excluding carboxylic acids is 1. The summed E-state index contributed by atoms with van der Waals surface area (Å²) in [4.78, 5) is 22.5. The molecule has 1 aliphatic rings. The van der Waals surface area contributed by atoms with Crippen molar-refractivity contribution in [3.63, 3.8) is 0 Å². The average molecular weight is 230 g/mol. The molecule has 0 aromatic heterocycles. The lowest BCUT2D eigenvalue weighted by molar-refractivity contribution is -0.154. The number of ether oxygens (including phenoxy) is 1. The Balaban J connectivity index is 2.51. The van der Waals surface area contributed by atoms with Crippen molar-refractivity contribution in [2.45, 2.75) is 12.8 Å². The molecule has 0 saturated carbocycles. The fourth-order valence-corrected chi connectivity index (χ4v) is 1.72. The molecule has 1 saturated heterocycles. The van der Waals surface area contributed by atoms with Crippen molar-refractivity contribution in [1.29, 1.82) is 0 Å². The zero-order valence-corrected chi connectivity index (χ0v) is 9.41. The maximum absolute atomic E-state index is 11.3. The zero-order valence-electron chi connectivity index (χ0n) is 9.41. The van der Waals surface area contributed by atoms with Crippen LogP contribution in [0.1, 0.15) is 12.8 Å². The summed E-state index contributed by atoms with van der Waals surface area (Å²) >= 11 is 0. The van der Waals surface area contributed by atoms with Crippen molar-refractivity contribution in [3.8, 4) is 0 Å². The first kappa shape index (κ1) is 12.9. The average Bonchev–Trinajstić information content (AvgIpc) is 2.28.